The zero-order chi connectivity index (χ0) is 18.7. The van der Waals surface area contributed by atoms with Gasteiger partial charge in [-0.3, -0.25) is 9.59 Å². The van der Waals surface area contributed by atoms with Crippen LogP contribution >= 0.6 is 0 Å². The number of nitrogens with zero attached hydrogens (tertiary/aromatic N) is 1. The first-order valence-corrected chi connectivity index (χ1v) is 8.00. The molecule has 26 heavy (non-hydrogen) atoms. The molecule has 0 spiro atoms. The number of amides is 2. The maximum Gasteiger partial charge on any atom is 0.237 e. The third-order valence-electron chi connectivity index (χ3n) is 4.41. The van der Waals surface area contributed by atoms with Crippen molar-refractivity contribution in [1.82, 2.24) is 5.32 Å². The smallest absolute Gasteiger partial charge is 0.237 e. The number of carbonyl (C=O) groups is 2. The third kappa shape index (κ3) is 3.03. The molecule has 0 aromatic heterocycles. The molecule has 6 nitrogen and oxygen atoms in total. The molecule has 0 aliphatic carbocycles. The van der Waals surface area contributed by atoms with Crippen molar-refractivity contribution in [3.05, 3.63) is 71.3 Å². The first kappa shape index (κ1) is 17.2. The average molecular weight is 347 g/mol. The number of primary amides is 1. The monoisotopic (exact) mass is 347 g/mol. The van der Waals surface area contributed by atoms with Crippen LogP contribution in [0.4, 0.5) is 0 Å². The van der Waals surface area contributed by atoms with Crippen LogP contribution in [0.2, 0.25) is 0 Å². The molecule has 2 aromatic rings. The first-order valence-electron chi connectivity index (χ1n) is 8.00. The van der Waals surface area contributed by atoms with Crippen molar-refractivity contribution < 1.29 is 14.3 Å². The Hall–Kier alpha value is -3.59. The summed E-state index contributed by atoms with van der Waals surface area (Å²) < 4.78 is 5.15. The van der Waals surface area contributed by atoms with Crippen LogP contribution in [-0.4, -0.2) is 18.9 Å². The van der Waals surface area contributed by atoms with Gasteiger partial charge in [-0.15, -0.1) is 0 Å². The fourth-order valence-electron chi connectivity index (χ4n) is 3.16. The fourth-order valence-corrected chi connectivity index (χ4v) is 3.16. The second-order valence-corrected chi connectivity index (χ2v) is 5.89. The van der Waals surface area contributed by atoms with Crippen molar-refractivity contribution in [2.75, 3.05) is 7.11 Å². The van der Waals surface area contributed by atoms with E-state index in [0.29, 0.717) is 28.1 Å². The first-order chi connectivity index (χ1) is 12.6. The molecule has 2 amide bonds. The van der Waals surface area contributed by atoms with Crippen molar-refractivity contribution in [3.63, 3.8) is 0 Å². The molecule has 3 N–H and O–H groups in total. The Labute approximate surface area is 150 Å². The summed E-state index contributed by atoms with van der Waals surface area (Å²) in [7, 11) is 1.55. The Kier molecular flexibility index (Phi) is 4.72. The molecule has 1 aliphatic rings. The minimum atomic E-state index is -1.16. The Morgan fingerprint density at radius 3 is 2.35 bits per heavy atom. The standard InChI is InChI=1S/C20H17N3O3/c1-26-14-9-7-12(8-10-14)16-15(11-21)18(13-5-3-2-4-6-13)23-20(25)17(16)19(22)24/h2-10,16-17H,1H3,(H2,22,24)(H,23,25). The van der Waals surface area contributed by atoms with Crippen LogP contribution in [0.5, 0.6) is 5.75 Å². The van der Waals surface area contributed by atoms with Crippen molar-refractivity contribution in [3.8, 4) is 11.8 Å². The molecule has 0 radical (unpaired) electrons. The Bertz CT molecular complexity index is 912. The van der Waals surface area contributed by atoms with Crippen molar-refractivity contribution in [2.24, 2.45) is 11.7 Å². The second kappa shape index (κ2) is 7.11. The summed E-state index contributed by atoms with van der Waals surface area (Å²) in [5.74, 6) is -2.58. The van der Waals surface area contributed by atoms with E-state index in [2.05, 4.69) is 11.4 Å². The van der Waals surface area contributed by atoms with Gasteiger partial charge >= 0.3 is 0 Å². The average Bonchev–Trinajstić information content (AvgIpc) is 2.67. The molecule has 1 heterocycles. The number of nitrogens with two attached hydrogens (primary N) is 1. The van der Waals surface area contributed by atoms with E-state index < -0.39 is 23.7 Å². The van der Waals surface area contributed by atoms with E-state index in [9.17, 15) is 14.9 Å². The predicted molar refractivity (Wildman–Crippen MR) is 95.5 cm³/mol. The van der Waals surface area contributed by atoms with Gasteiger partial charge in [0, 0.05) is 5.92 Å². The van der Waals surface area contributed by atoms with Gasteiger partial charge in [-0.25, -0.2) is 0 Å². The highest BCUT2D eigenvalue weighted by Gasteiger charge is 2.42. The summed E-state index contributed by atoms with van der Waals surface area (Å²) in [4.78, 5) is 24.6. The number of benzene rings is 2. The van der Waals surface area contributed by atoms with Gasteiger partial charge in [0.05, 0.1) is 24.4 Å². The predicted octanol–water partition coefficient (Wildman–Crippen LogP) is 1.94. The minimum Gasteiger partial charge on any atom is -0.497 e. The van der Waals surface area contributed by atoms with Crippen molar-refractivity contribution in [1.29, 1.82) is 5.26 Å². The quantitative estimate of drug-likeness (QED) is 0.825. The summed E-state index contributed by atoms with van der Waals surface area (Å²) in [6, 6.07) is 18.1. The molecule has 0 saturated carbocycles. The molecule has 130 valence electrons. The number of rotatable bonds is 4. The van der Waals surface area contributed by atoms with Gasteiger partial charge in [-0.1, -0.05) is 42.5 Å². The molecular weight excluding hydrogens is 330 g/mol. The van der Waals surface area contributed by atoms with E-state index in [4.69, 9.17) is 10.5 Å². The van der Waals surface area contributed by atoms with Crippen LogP contribution in [0.1, 0.15) is 17.0 Å². The van der Waals surface area contributed by atoms with Gasteiger partial charge in [-0.05, 0) is 23.3 Å². The maximum absolute atomic E-state index is 12.6. The van der Waals surface area contributed by atoms with E-state index in [1.807, 2.05) is 18.2 Å². The number of hydrogen-bond acceptors (Lipinski definition) is 4. The lowest BCUT2D eigenvalue weighted by atomic mass is 9.76. The van der Waals surface area contributed by atoms with Crippen LogP contribution in [0.25, 0.3) is 5.70 Å². The molecule has 6 heteroatoms. The highest BCUT2D eigenvalue weighted by molar-refractivity contribution is 6.07. The van der Waals surface area contributed by atoms with Crippen molar-refractivity contribution >= 4 is 17.5 Å². The molecule has 0 fully saturated rings. The van der Waals surface area contributed by atoms with E-state index in [1.54, 1.807) is 43.5 Å². The number of methoxy groups -OCH3 is 1. The fraction of sp³-hybridized carbons (Fsp3) is 0.150. The SMILES string of the molecule is COc1ccc(C2C(C#N)=C(c3ccccc3)NC(=O)C2C(N)=O)cc1. The van der Waals surface area contributed by atoms with Crippen LogP contribution < -0.4 is 15.8 Å². The lowest BCUT2D eigenvalue weighted by Gasteiger charge is -2.31. The summed E-state index contributed by atoms with van der Waals surface area (Å²) in [5.41, 5.74) is 7.52. The molecule has 3 rings (SSSR count). The molecule has 2 unspecified atom stereocenters. The number of ether oxygens (including phenoxy) is 1. The summed E-state index contributed by atoms with van der Waals surface area (Å²) in [5, 5.41) is 12.5. The topological polar surface area (TPSA) is 105 Å². The van der Waals surface area contributed by atoms with Crippen LogP contribution in [0.3, 0.4) is 0 Å². The minimum absolute atomic E-state index is 0.296. The highest BCUT2D eigenvalue weighted by Crippen LogP contribution is 2.39. The zero-order valence-corrected chi connectivity index (χ0v) is 14.1. The van der Waals surface area contributed by atoms with Crippen LogP contribution in [0, 0.1) is 17.2 Å². The summed E-state index contributed by atoms with van der Waals surface area (Å²) >= 11 is 0. The van der Waals surface area contributed by atoms with Crippen molar-refractivity contribution in [2.45, 2.75) is 5.92 Å². The molecule has 0 saturated heterocycles. The van der Waals surface area contributed by atoms with Crippen LogP contribution in [-0.2, 0) is 9.59 Å². The zero-order valence-electron chi connectivity index (χ0n) is 14.1. The van der Waals surface area contributed by atoms with E-state index >= 15 is 0 Å². The number of allylic oxidation sites excluding steroid dienone is 1. The van der Waals surface area contributed by atoms with Gasteiger partial charge in [0.1, 0.15) is 11.7 Å². The summed E-state index contributed by atoms with van der Waals surface area (Å²) in [6.07, 6.45) is 0. The normalized spacial score (nSPS) is 19.5. The molecule has 2 atom stereocenters. The number of nitriles is 1. The number of carbonyl (C=O) groups excluding carboxylic acids is 2. The Balaban J connectivity index is 2.20. The van der Waals surface area contributed by atoms with E-state index in [-0.39, 0.29) is 0 Å². The largest absolute Gasteiger partial charge is 0.497 e. The van der Waals surface area contributed by atoms with Gasteiger partial charge in [-0.2, -0.15) is 5.26 Å². The number of nitrogens with one attached hydrogen (secondary N) is 1. The maximum atomic E-state index is 12.6. The lowest BCUT2D eigenvalue weighted by Crippen LogP contribution is -2.46. The molecule has 0 bridgehead atoms. The molecular formula is C20H17N3O3. The van der Waals surface area contributed by atoms with Gasteiger partial charge in [0.2, 0.25) is 11.8 Å². The Morgan fingerprint density at radius 2 is 1.81 bits per heavy atom. The van der Waals surface area contributed by atoms with Crippen LogP contribution in [0.15, 0.2) is 60.2 Å². The summed E-state index contributed by atoms with van der Waals surface area (Å²) in [6.45, 7) is 0. The van der Waals surface area contributed by atoms with E-state index in [1.165, 1.54) is 0 Å². The molecule has 1 aliphatic heterocycles. The van der Waals surface area contributed by atoms with Gasteiger partial charge in [0.25, 0.3) is 0 Å². The lowest BCUT2D eigenvalue weighted by molar-refractivity contribution is -0.133. The van der Waals surface area contributed by atoms with Gasteiger partial charge < -0.3 is 15.8 Å². The second-order valence-electron chi connectivity index (χ2n) is 5.89. The number of hydrogen-bond donors (Lipinski definition) is 2. The molecule has 2 aromatic carbocycles. The van der Waals surface area contributed by atoms with E-state index in [0.717, 1.165) is 0 Å². The third-order valence-corrected chi connectivity index (χ3v) is 4.41. The Morgan fingerprint density at radius 1 is 1.15 bits per heavy atom. The highest BCUT2D eigenvalue weighted by atomic mass is 16.5. The van der Waals surface area contributed by atoms with Gasteiger partial charge in [0.15, 0.2) is 0 Å².